The van der Waals surface area contributed by atoms with Crippen molar-refractivity contribution in [2.24, 2.45) is 0 Å². The summed E-state index contributed by atoms with van der Waals surface area (Å²) in [6.45, 7) is 2.97. The van der Waals surface area contributed by atoms with Crippen LogP contribution in [-0.4, -0.2) is 41.9 Å². The van der Waals surface area contributed by atoms with Gasteiger partial charge in [-0.05, 0) is 41.0 Å². The first-order valence-electron chi connectivity index (χ1n) is 10.9. The van der Waals surface area contributed by atoms with Crippen LogP contribution in [0.5, 0.6) is 17.2 Å². The SMILES string of the molecule is COc1cc(/C=C/CN2CCOc3ccc(C(O)Cc4ccccc4)cc3C2)ccc1O. The van der Waals surface area contributed by atoms with E-state index in [1.54, 1.807) is 13.2 Å². The first kappa shape index (κ1) is 21.9. The number of phenolic OH excluding ortho intramolecular Hbond substituents is 1. The van der Waals surface area contributed by atoms with E-state index < -0.39 is 6.10 Å². The van der Waals surface area contributed by atoms with E-state index >= 15 is 0 Å². The molecule has 4 rings (SSSR count). The number of benzene rings is 3. The highest BCUT2D eigenvalue weighted by Crippen LogP contribution is 2.29. The minimum absolute atomic E-state index is 0.135. The van der Waals surface area contributed by atoms with Crippen LogP contribution in [0.3, 0.4) is 0 Å². The molecule has 0 aromatic heterocycles. The summed E-state index contributed by atoms with van der Waals surface area (Å²) in [5.41, 5.74) is 4.08. The molecule has 1 aliphatic rings. The van der Waals surface area contributed by atoms with E-state index in [1.807, 2.05) is 60.7 Å². The van der Waals surface area contributed by atoms with Gasteiger partial charge in [-0.25, -0.2) is 0 Å². The lowest BCUT2D eigenvalue weighted by Gasteiger charge is -2.18. The maximum Gasteiger partial charge on any atom is 0.161 e. The summed E-state index contributed by atoms with van der Waals surface area (Å²) in [5.74, 6) is 1.48. The minimum Gasteiger partial charge on any atom is -0.504 e. The third-order valence-corrected chi connectivity index (χ3v) is 5.68. The Hall–Kier alpha value is -3.28. The van der Waals surface area contributed by atoms with Crippen LogP contribution in [0.25, 0.3) is 6.08 Å². The van der Waals surface area contributed by atoms with Gasteiger partial charge in [-0.2, -0.15) is 0 Å². The number of methoxy groups -OCH3 is 1. The van der Waals surface area contributed by atoms with Crippen molar-refractivity contribution in [3.63, 3.8) is 0 Å². The molecule has 1 heterocycles. The third-order valence-electron chi connectivity index (χ3n) is 5.68. The zero-order valence-corrected chi connectivity index (χ0v) is 18.3. The van der Waals surface area contributed by atoms with Gasteiger partial charge in [-0.15, -0.1) is 0 Å². The molecular formula is C27H29NO4. The Bertz CT molecular complexity index is 1060. The second-order valence-electron chi connectivity index (χ2n) is 7.99. The van der Waals surface area contributed by atoms with Gasteiger partial charge in [-0.3, -0.25) is 4.90 Å². The van der Waals surface area contributed by atoms with E-state index in [9.17, 15) is 10.2 Å². The highest BCUT2D eigenvalue weighted by atomic mass is 16.5. The van der Waals surface area contributed by atoms with Crippen LogP contribution in [0.2, 0.25) is 0 Å². The van der Waals surface area contributed by atoms with Crippen LogP contribution in [0, 0.1) is 0 Å². The van der Waals surface area contributed by atoms with Crippen molar-refractivity contribution < 1.29 is 19.7 Å². The summed E-state index contributed by atoms with van der Waals surface area (Å²) >= 11 is 0. The van der Waals surface area contributed by atoms with Crippen molar-refractivity contribution in [3.05, 3.63) is 95.1 Å². The molecule has 1 atom stereocenters. The summed E-state index contributed by atoms with van der Waals surface area (Å²) < 4.78 is 11.1. The van der Waals surface area contributed by atoms with E-state index in [0.717, 1.165) is 47.6 Å². The van der Waals surface area contributed by atoms with Crippen molar-refractivity contribution in [3.8, 4) is 17.2 Å². The molecule has 0 bridgehead atoms. The van der Waals surface area contributed by atoms with Crippen molar-refractivity contribution in [1.29, 1.82) is 0 Å². The number of nitrogens with zero attached hydrogens (tertiary/aromatic N) is 1. The van der Waals surface area contributed by atoms with Crippen LogP contribution < -0.4 is 9.47 Å². The molecule has 0 aliphatic carbocycles. The molecule has 0 amide bonds. The van der Waals surface area contributed by atoms with Crippen LogP contribution in [0.15, 0.2) is 72.8 Å². The number of hydrogen-bond donors (Lipinski definition) is 2. The Morgan fingerprint density at radius 2 is 1.94 bits per heavy atom. The molecule has 5 nitrogen and oxygen atoms in total. The molecule has 2 N–H and O–H groups in total. The number of aromatic hydroxyl groups is 1. The lowest BCUT2D eigenvalue weighted by atomic mass is 9.99. The fourth-order valence-corrected chi connectivity index (χ4v) is 3.92. The predicted molar refractivity (Wildman–Crippen MR) is 126 cm³/mol. The highest BCUT2D eigenvalue weighted by Gasteiger charge is 2.17. The molecule has 0 saturated carbocycles. The number of rotatable bonds is 7. The van der Waals surface area contributed by atoms with E-state index in [0.29, 0.717) is 18.8 Å². The van der Waals surface area contributed by atoms with Crippen LogP contribution in [0.4, 0.5) is 0 Å². The molecule has 5 heteroatoms. The molecule has 1 unspecified atom stereocenters. The normalized spacial score (nSPS) is 15.1. The van der Waals surface area contributed by atoms with Crippen molar-refractivity contribution >= 4 is 6.08 Å². The summed E-state index contributed by atoms with van der Waals surface area (Å²) in [5, 5.41) is 20.5. The van der Waals surface area contributed by atoms with Crippen LogP contribution >= 0.6 is 0 Å². The van der Waals surface area contributed by atoms with Gasteiger partial charge in [-0.1, -0.05) is 54.6 Å². The molecular weight excluding hydrogens is 402 g/mol. The highest BCUT2D eigenvalue weighted by molar-refractivity contribution is 5.55. The smallest absolute Gasteiger partial charge is 0.161 e. The average Bonchev–Trinajstić information content (AvgIpc) is 3.02. The van der Waals surface area contributed by atoms with Crippen molar-refractivity contribution in [1.82, 2.24) is 4.90 Å². The van der Waals surface area contributed by atoms with Gasteiger partial charge in [0.1, 0.15) is 12.4 Å². The Balaban J connectivity index is 1.42. The monoisotopic (exact) mass is 431 g/mol. The fourth-order valence-electron chi connectivity index (χ4n) is 3.92. The molecule has 0 radical (unpaired) electrons. The number of fused-ring (bicyclic) bond motifs is 1. The van der Waals surface area contributed by atoms with Crippen molar-refractivity contribution in [2.45, 2.75) is 19.1 Å². The first-order chi connectivity index (χ1) is 15.6. The quantitative estimate of drug-likeness (QED) is 0.573. The van der Waals surface area contributed by atoms with E-state index in [-0.39, 0.29) is 5.75 Å². The lowest BCUT2D eigenvalue weighted by molar-refractivity contribution is 0.178. The van der Waals surface area contributed by atoms with Gasteiger partial charge in [0, 0.05) is 31.6 Å². The Morgan fingerprint density at radius 1 is 1.09 bits per heavy atom. The van der Waals surface area contributed by atoms with Gasteiger partial charge in [0.25, 0.3) is 0 Å². The first-order valence-corrected chi connectivity index (χ1v) is 10.9. The zero-order valence-electron chi connectivity index (χ0n) is 18.3. The Labute approximate surface area is 189 Å². The molecule has 0 fully saturated rings. The number of ether oxygens (including phenoxy) is 2. The van der Waals surface area contributed by atoms with Gasteiger partial charge >= 0.3 is 0 Å². The summed E-state index contributed by atoms with van der Waals surface area (Å²) in [6, 6.07) is 21.3. The molecule has 32 heavy (non-hydrogen) atoms. The van der Waals surface area contributed by atoms with Gasteiger partial charge in [0.15, 0.2) is 11.5 Å². The van der Waals surface area contributed by atoms with Crippen LogP contribution in [0.1, 0.15) is 28.4 Å². The molecule has 3 aromatic rings. The molecule has 0 saturated heterocycles. The Kier molecular flexibility index (Phi) is 7.10. The fraction of sp³-hybridized carbons (Fsp3) is 0.259. The summed E-state index contributed by atoms with van der Waals surface area (Å²) in [6.07, 6.45) is 4.16. The number of phenols is 1. The largest absolute Gasteiger partial charge is 0.504 e. The van der Waals surface area contributed by atoms with Crippen LogP contribution in [-0.2, 0) is 13.0 Å². The maximum atomic E-state index is 10.7. The second kappa shape index (κ2) is 10.4. The molecule has 166 valence electrons. The summed E-state index contributed by atoms with van der Waals surface area (Å²) in [7, 11) is 1.54. The van der Waals surface area contributed by atoms with Gasteiger partial charge in [0.05, 0.1) is 13.2 Å². The van der Waals surface area contributed by atoms with Gasteiger partial charge in [0.2, 0.25) is 0 Å². The predicted octanol–water partition coefficient (Wildman–Crippen LogP) is 4.58. The van der Waals surface area contributed by atoms with Crippen molar-refractivity contribution in [2.75, 3.05) is 26.8 Å². The maximum absolute atomic E-state index is 10.7. The molecule has 0 spiro atoms. The second-order valence-corrected chi connectivity index (χ2v) is 7.99. The lowest BCUT2D eigenvalue weighted by Crippen LogP contribution is -2.25. The summed E-state index contributed by atoms with van der Waals surface area (Å²) in [4.78, 5) is 2.31. The third kappa shape index (κ3) is 5.49. The topological polar surface area (TPSA) is 62.2 Å². The van der Waals surface area contributed by atoms with E-state index in [4.69, 9.17) is 9.47 Å². The minimum atomic E-state index is -0.552. The standard InChI is InChI=1S/C27H29NO4/c1-31-27-17-21(9-11-24(27)29)8-5-13-28-14-15-32-26-12-10-22(18-23(26)19-28)25(30)16-20-6-3-2-4-7-20/h2-12,17-18,25,29-30H,13-16,19H2,1H3/b8-5+. The van der Waals surface area contributed by atoms with E-state index in [1.165, 1.54) is 0 Å². The Morgan fingerprint density at radius 3 is 2.75 bits per heavy atom. The molecule has 3 aromatic carbocycles. The number of hydrogen-bond acceptors (Lipinski definition) is 5. The van der Waals surface area contributed by atoms with Gasteiger partial charge < -0.3 is 19.7 Å². The zero-order chi connectivity index (χ0) is 22.3. The number of aliphatic hydroxyl groups is 1. The average molecular weight is 432 g/mol. The number of aliphatic hydroxyl groups excluding tert-OH is 1. The van der Waals surface area contributed by atoms with E-state index in [2.05, 4.69) is 17.0 Å². The molecule has 1 aliphatic heterocycles.